The van der Waals surface area contributed by atoms with Gasteiger partial charge in [-0.3, -0.25) is 0 Å². The molecular formula is C12H12Cl2N2O2S. The van der Waals surface area contributed by atoms with E-state index in [0.29, 0.717) is 21.4 Å². The van der Waals surface area contributed by atoms with Crippen molar-refractivity contribution in [3.05, 3.63) is 26.9 Å². The van der Waals surface area contributed by atoms with Crippen LogP contribution in [-0.2, 0) is 9.53 Å². The fourth-order valence-corrected chi connectivity index (χ4v) is 2.56. The van der Waals surface area contributed by atoms with Crippen LogP contribution in [0.3, 0.4) is 0 Å². The Bertz CT molecular complexity index is 693. The van der Waals surface area contributed by atoms with E-state index in [-0.39, 0.29) is 5.97 Å². The Hall–Kier alpha value is -1.04. The zero-order valence-electron chi connectivity index (χ0n) is 10.4. The molecule has 19 heavy (non-hydrogen) atoms. The number of carbonyl (C=O) groups excluding carboxylic acids is 1. The van der Waals surface area contributed by atoms with E-state index in [2.05, 4.69) is 4.98 Å². The number of carbonyl (C=O) groups is 1. The lowest BCUT2D eigenvalue weighted by atomic mass is 10.2. The Morgan fingerprint density at radius 3 is 2.74 bits per heavy atom. The van der Waals surface area contributed by atoms with Crippen molar-refractivity contribution in [2.45, 2.75) is 19.9 Å². The van der Waals surface area contributed by atoms with Gasteiger partial charge in [0.15, 0.2) is 4.77 Å². The molecule has 0 saturated heterocycles. The normalized spacial score (nSPS) is 12.6. The van der Waals surface area contributed by atoms with Crippen molar-refractivity contribution in [1.29, 1.82) is 0 Å². The molecule has 4 nitrogen and oxygen atoms in total. The number of nitrogens with zero attached hydrogens (tertiary/aromatic N) is 1. The van der Waals surface area contributed by atoms with Gasteiger partial charge in [0, 0.05) is 0 Å². The molecule has 1 unspecified atom stereocenters. The minimum absolute atomic E-state index is 0.325. The van der Waals surface area contributed by atoms with Crippen molar-refractivity contribution in [2.24, 2.45) is 0 Å². The zero-order valence-corrected chi connectivity index (χ0v) is 12.7. The van der Waals surface area contributed by atoms with Crippen molar-refractivity contribution < 1.29 is 9.53 Å². The first-order valence-electron chi connectivity index (χ1n) is 5.71. The van der Waals surface area contributed by atoms with Crippen molar-refractivity contribution in [2.75, 3.05) is 6.61 Å². The smallest absolute Gasteiger partial charge is 0.328 e. The fraction of sp³-hybridized carbons (Fsp3) is 0.333. The van der Waals surface area contributed by atoms with Gasteiger partial charge in [0.1, 0.15) is 6.04 Å². The lowest BCUT2D eigenvalue weighted by Crippen LogP contribution is -2.19. The van der Waals surface area contributed by atoms with Crippen molar-refractivity contribution in [3.63, 3.8) is 0 Å². The molecule has 1 aromatic carbocycles. The summed E-state index contributed by atoms with van der Waals surface area (Å²) in [6.45, 7) is 3.81. The molecule has 7 heteroatoms. The van der Waals surface area contributed by atoms with Crippen LogP contribution >= 0.6 is 35.4 Å². The van der Waals surface area contributed by atoms with E-state index in [9.17, 15) is 4.79 Å². The Balaban J connectivity index is 2.60. The lowest BCUT2D eigenvalue weighted by molar-refractivity contribution is -0.146. The van der Waals surface area contributed by atoms with Gasteiger partial charge in [0.2, 0.25) is 0 Å². The molecule has 2 aromatic rings. The highest BCUT2D eigenvalue weighted by molar-refractivity contribution is 7.71. The number of aromatic nitrogens is 2. The molecule has 0 radical (unpaired) electrons. The first kappa shape index (κ1) is 14.4. The molecule has 0 saturated carbocycles. The minimum atomic E-state index is -0.529. The number of fused-ring (bicyclic) bond motifs is 1. The molecule has 0 amide bonds. The predicted octanol–water partition coefficient (Wildman–Crippen LogP) is 4.13. The van der Waals surface area contributed by atoms with E-state index in [4.69, 9.17) is 40.2 Å². The maximum atomic E-state index is 11.8. The zero-order chi connectivity index (χ0) is 14.2. The van der Waals surface area contributed by atoms with Crippen molar-refractivity contribution in [1.82, 2.24) is 9.55 Å². The van der Waals surface area contributed by atoms with Crippen LogP contribution in [0.2, 0.25) is 10.0 Å². The highest BCUT2D eigenvalue weighted by Crippen LogP contribution is 2.29. The maximum absolute atomic E-state index is 11.8. The molecule has 0 aliphatic rings. The van der Waals surface area contributed by atoms with Gasteiger partial charge in [-0.05, 0) is 38.2 Å². The largest absolute Gasteiger partial charge is 0.464 e. The van der Waals surface area contributed by atoms with Gasteiger partial charge in [-0.15, -0.1) is 0 Å². The van der Waals surface area contributed by atoms with Gasteiger partial charge in [-0.2, -0.15) is 0 Å². The monoisotopic (exact) mass is 318 g/mol. The van der Waals surface area contributed by atoms with Gasteiger partial charge in [0.05, 0.1) is 27.7 Å². The highest BCUT2D eigenvalue weighted by atomic mass is 35.5. The highest BCUT2D eigenvalue weighted by Gasteiger charge is 2.20. The molecule has 1 aromatic heterocycles. The molecule has 0 bridgehead atoms. The molecule has 0 spiro atoms. The van der Waals surface area contributed by atoms with Crippen LogP contribution in [0.5, 0.6) is 0 Å². The average Bonchev–Trinajstić information content (AvgIpc) is 2.65. The minimum Gasteiger partial charge on any atom is -0.464 e. The number of esters is 1. The Kier molecular flexibility index (Phi) is 4.18. The van der Waals surface area contributed by atoms with Gasteiger partial charge in [0.25, 0.3) is 0 Å². The molecule has 0 aliphatic carbocycles. The van der Waals surface area contributed by atoms with E-state index in [0.717, 1.165) is 11.0 Å². The topological polar surface area (TPSA) is 47.0 Å². The number of hydrogen-bond acceptors (Lipinski definition) is 3. The standard InChI is InChI=1S/C12H12Cl2N2O2S/c1-3-18-11(17)6(2)16-10-5-8(14)7(13)4-9(10)15-12(16)19/h4-6H,3H2,1-2H3,(H,15,19). The summed E-state index contributed by atoms with van der Waals surface area (Å²) in [4.78, 5) is 14.8. The van der Waals surface area contributed by atoms with Crippen LogP contribution in [-0.4, -0.2) is 22.1 Å². The van der Waals surface area contributed by atoms with Crippen LogP contribution in [0.25, 0.3) is 11.0 Å². The molecule has 1 heterocycles. The molecular weight excluding hydrogens is 307 g/mol. The summed E-state index contributed by atoms with van der Waals surface area (Å²) in [5.74, 6) is -0.342. The van der Waals surface area contributed by atoms with E-state index in [1.54, 1.807) is 30.5 Å². The summed E-state index contributed by atoms with van der Waals surface area (Å²) >= 11 is 17.2. The van der Waals surface area contributed by atoms with Crippen LogP contribution in [0.1, 0.15) is 19.9 Å². The maximum Gasteiger partial charge on any atom is 0.328 e. The van der Waals surface area contributed by atoms with Crippen molar-refractivity contribution in [3.8, 4) is 0 Å². The average molecular weight is 319 g/mol. The quantitative estimate of drug-likeness (QED) is 0.683. The number of rotatable bonds is 3. The number of halogens is 2. The second-order valence-electron chi connectivity index (χ2n) is 4.01. The summed E-state index contributed by atoms with van der Waals surface area (Å²) in [7, 11) is 0. The summed E-state index contributed by atoms with van der Waals surface area (Å²) < 4.78 is 7.10. The van der Waals surface area contributed by atoms with Crippen molar-refractivity contribution >= 4 is 52.4 Å². The number of nitrogens with one attached hydrogen (secondary N) is 1. The van der Waals surface area contributed by atoms with Crippen LogP contribution in [0.4, 0.5) is 0 Å². The predicted molar refractivity (Wildman–Crippen MR) is 78.5 cm³/mol. The third-order valence-corrected chi connectivity index (χ3v) is 3.79. The number of benzene rings is 1. The van der Waals surface area contributed by atoms with Gasteiger partial charge < -0.3 is 14.3 Å². The summed E-state index contributed by atoms with van der Waals surface area (Å²) in [5, 5.41) is 0.842. The van der Waals surface area contributed by atoms with Gasteiger partial charge in [-0.25, -0.2) is 4.79 Å². The molecule has 1 atom stereocenters. The molecule has 0 aliphatic heterocycles. The Labute approximate surface area is 125 Å². The summed E-state index contributed by atoms with van der Waals surface area (Å²) in [6.07, 6.45) is 0. The Morgan fingerprint density at radius 1 is 1.47 bits per heavy atom. The SMILES string of the molecule is CCOC(=O)C(C)n1c(=S)[nH]c2cc(Cl)c(Cl)cc21. The number of ether oxygens (including phenoxy) is 1. The summed E-state index contributed by atoms with van der Waals surface area (Å²) in [6, 6.07) is 2.84. The molecule has 2 rings (SSSR count). The molecule has 0 fully saturated rings. The molecule has 102 valence electrons. The second kappa shape index (κ2) is 5.53. The van der Waals surface area contributed by atoms with E-state index in [1.165, 1.54) is 0 Å². The van der Waals surface area contributed by atoms with Gasteiger partial charge in [-0.1, -0.05) is 23.2 Å². The van der Waals surface area contributed by atoms with E-state index in [1.807, 2.05) is 0 Å². The van der Waals surface area contributed by atoms with E-state index < -0.39 is 6.04 Å². The lowest BCUT2D eigenvalue weighted by Gasteiger charge is -2.13. The van der Waals surface area contributed by atoms with Crippen LogP contribution in [0, 0.1) is 4.77 Å². The molecule has 1 N–H and O–H groups in total. The number of H-pyrrole nitrogens is 1. The van der Waals surface area contributed by atoms with Gasteiger partial charge >= 0.3 is 5.97 Å². The Morgan fingerprint density at radius 2 is 2.11 bits per heavy atom. The van der Waals surface area contributed by atoms with E-state index >= 15 is 0 Å². The third kappa shape index (κ3) is 2.63. The fourth-order valence-electron chi connectivity index (χ4n) is 1.87. The summed E-state index contributed by atoms with van der Waals surface area (Å²) in [5.41, 5.74) is 1.45. The van der Waals surface area contributed by atoms with Crippen LogP contribution < -0.4 is 0 Å². The first-order chi connectivity index (χ1) is 8.95. The number of aromatic amines is 1. The number of imidazole rings is 1. The first-order valence-corrected chi connectivity index (χ1v) is 6.88. The number of hydrogen-bond donors (Lipinski definition) is 1. The third-order valence-electron chi connectivity index (χ3n) is 2.77. The van der Waals surface area contributed by atoms with Crippen LogP contribution in [0.15, 0.2) is 12.1 Å². The second-order valence-corrected chi connectivity index (χ2v) is 5.21.